The molecule has 0 saturated heterocycles. The van der Waals surface area contributed by atoms with Gasteiger partial charge in [0.05, 0.1) is 18.8 Å². The summed E-state index contributed by atoms with van der Waals surface area (Å²) >= 11 is 0. The fourth-order valence-corrected chi connectivity index (χ4v) is 1.93. The number of amides is 1. The molecule has 0 aliphatic carbocycles. The molecule has 116 valence electrons. The first kappa shape index (κ1) is 17.1. The van der Waals surface area contributed by atoms with Gasteiger partial charge < -0.3 is 20.3 Å². The molecule has 0 aliphatic rings. The average molecular weight is 295 g/mol. The van der Waals surface area contributed by atoms with Gasteiger partial charge in [0.2, 0.25) is 5.91 Å². The highest BCUT2D eigenvalue weighted by Gasteiger charge is 2.20. The van der Waals surface area contributed by atoms with Gasteiger partial charge in [0.15, 0.2) is 0 Å². The Morgan fingerprint density at radius 2 is 2.00 bits per heavy atom. The van der Waals surface area contributed by atoms with E-state index in [-0.39, 0.29) is 18.9 Å². The third-order valence-corrected chi connectivity index (χ3v) is 3.19. The second-order valence-corrected chi connectivity index (χ2v) is 4.85. The molecule has 0 bridgehead atoms. The molecular formula is C15H21NO5. The van der Waals surface area contributed by atoms with Gasteiger partial charge in [-0.15, -0.1) is 0 Å². The number of benzene rings is 1. The smallest absolute Gasteiger partial charge is 0.338 e. The van der Waals surface area contributed by atoms with Crippen molar-refractivity contribution in [3.8, 4) is 0 Å². The molecular weight excluding hydrogens is 274 g/mol. The summed E-state index contributed by atoms with van der Waals surface area (Å²) in [4.78, 5) is 22.4. The number of hydrogen-bond donors (Lipinski definition) is 3. The maximum Gasteiger partial charge on any atom is 0.338 e. The Labute approximate surface area is 123 Å². The van der Waals surface area contributed by atoms with Crippen LogP contribution in [0.15, 0.2) is 18.2 Å². The van der Waals surface area contributed by atoms with Crippen LogP contribution in [0.2, 0.25) is 0 Å². The molecule has 2 atom stereocenters. The number of ether oxygens (including phenoxy) is 1. The van der Waals surface area contributed by atoms with Crippen LogP contribution in [0.1, 0.15) is 40.9 Å². The van der Waals surface area contributed by atoms with E-state index in [4.69, 9.17) is 0 Å². The molecule has 21 heavy (non-hydrogen) atoms. The molecule has 0 aromatic heterocycles. The minimum Gasteiger partial charge on any atom is -0.465 e. The SMILES string of the molecule is COC(=O)c1cc(C(O)C(O)CCNC(C)=O)ccc1C. The van der Waals surface area contributed by atoms with Gasteiger partial charge in [-0.2, -0.15) is 0 Å². The molecule has 1 amide bonds. The number of aliphatic hydroxyl groups excluding tert-OH is 2. The number of esters is 1. The van der Waals surface area contributed by atoms with E-state index in [2.05, 4.69) is 10.1 Å². The van der Waals surface area contributed by atoms with Crippen molar-refractivity contribution in [1.29, 1.82) is 0 Å². The Bertz CT molecular complexity index is 515. The third-order valence-electron chi connectivity index (χ3n) is 3.19. The Morgan fingerprint density at radius 1 is 1.33 bits per heavy atom. The number of aliphatic hydroxyl groups is 2. The molecule has 0 radical (unpaired) electrons. The van der Waals surface area contributed by atoms with Crippen molar-refractivity contribution >= 4 is 11.9 Å². The average Bonchev–Trinajstić information content (AvgIpc) is 2.45. The highest BCUT2D eigenvalue weighted by atomic mass is 16.5. The number of hydrogen-bond acceptors (Lipinski definition) is 5. The van der Waals surface area contributed by atoms with Crippen molar-refractivity contribution in [2.75, 3.05) is 13.7 Å². The van der Waals surface area contributed by atoms with Crippen LogP contribution < -0.4 is 5.32 Å². The highest BCUT2D eigenvalue weighted by Crippen LogP contribution is 2.22. The Hall–Kier alpha value is -1.92. The number of aryl methyl sites for hydroxylation is 1. The maximum atomic E-state index is 11.6. The summed E-state index contributed by atoms with van der Waals surface area (Å²) in [5.74, 6) is -0.686. The molecule has 2 unspecified atom stereocenters. The topological polar surface area (TPSA) is 95.9 Å². The van der Waals surface area contributed by atoms with Crippen molar-refractivity contribution in [1.82, 2.24) is 5.32 Å². The summed E-state index contributed by atoms with van der Waals surface area (Å²) in [6, 6.07) is 4.84. The molecule has 0 saturated carbocycles. The monoisotopic (exact) mass is 295 g/mol. The lowest BCUT2D eigenvalue weighted by Crippen LogP contribution is -2.27. The van der Waals surface area contributed by atoms with Crippen LogP contribution in [0, 0.1) is 6.92 Å². The van der Waals surface area contributed by atoms with Crippen LogP contribution in [-0.4, -0.2) is 41.8 Å². The van der Waals surface area contributed by atoms with Crippen LogP contribution in [-0.2, 0) is 9.53 Å². The van der Waals surface area contributed by atoms with Crippen molar-refractivity contribution in [2.24, 2.45) is 0 Å². The number of methoxy groups -OCH3 is 1. The van der Waals surface area contributed by atoms with Crippen LogP contribution in [0.4, 0.5) is 0 Å². The first-order valence-electron chi connectivity index (χ1n) is 6.66. The predicted molar refractivity (Wildman–Crippen MR) is 76.8 cm³/mol. The van der Waals surface area contributed by atoms with E-state index < -0.39 is 18.2 Å². The van der Waals surface area contributed by atoms with E-state index in [0.29, 0.717) is 11.1 Å². The summed E-state index contributed by atoms with van der Waals surface area (Å²) in [6.45, 7) is 3.41. The first-order valence-corrected chi connectivity index (χ1v) is 6.66. The lowest BCUT2D eigenvalue weighted by molar-refractivity contribution is -0.119. The van der Waals surface area contributed by atoms with Crippen LogP contribution in [0.25, 0.3) is 0 Å². The van der Waals surface area contributed by atoms with E-state index in [0.717, 1.165) is 5.56 Å². The third kappa shape index (κ3) is 4.84. The largest absolute Gasteiger partial charge is 0.465 e. The van der Waals surface area contributed by atoms with Gasteiger partial charge in [-0.25, -0.2) is 4.79 Å². The molecule has 6 heteroatoms. The zero-order valence-corrected chi connectivity index (χ0v) is 12.4. The minimum atomic E-state index is -1.14. The van der Waals surface area contributed by atoms with E-state index in [1.807, 2.05) is 0 Å². The lowest BCUT2D eigenvalue weighted by Gasteiger charge is -2.19. The van der Waals surface area contributed by atoms with Gasteiger partial charge in [0.25, 0.3) is 0 Å². The molecule has 1 aromatic rings. The molecule has 0 aliphatic heterocycles. The van der Waals surface area contributed by atoms with Crippen LogP contribution in [0.3, 0.4) is 0 Å². The summed E-state index contributed by atoms with van der Waals surface area (Å²) in [5.41, 5.74) is 1.50. The molecule has 1 rings (SSSR count). The van der Waals surface area contributed by atoms with Gasteiger partial charge in [-0.05, 0) is 30.5 Å². The van der Waals surface area contributed by atoms with Crippen molar-refractivity contribution < 1.29 is 24.5 Å². The molecule has 3 N–H and O–H groups in total. The fraction of sp³-hybridized carbons (Fsp3) is 0.467. The van der Waals surface area contributed by atoms with E-state index in [1.54, 1.807) is 19.1 Å². The van der Waals surface area contributed by atoms with E-state index in [9.17, 15) is 19.8 Å². The zero-order valence-electron chi connectivity index (χ0n) is 12.4. The second-order valence-electron chi connectivity index (χ2n) is 4.85. The summed E-state index contributed by atoms with van der Waals surface area (Å²) in [6.07, 6.45) is -1.96. The Kier molecular flexibility index (Phi) is 6.33. The van der Waals surface area contributed by atoms with Gasteiger partial charge >= 0.3 is 5.97 Å². The number of rotatable bonds is 6. The van der Waals surface area contributed by atoms with Gasteiger partial charge in [0, 0.05) is 13.5 Å². The van der Waals surface area contributed by atoms with Gasteiger partial charge in [-0.3, -0.25) is 4.79 Å². The molecule has 0 heterocycles. The van der Waals surface area contributed by atoms with Crippen molar-refractivity contribution in [3.63, 3.8) is 0 Å². The number of carbonyl (C=O) groups excluding carboxylic acids is 2. The quantitative estimate of drug-likeness (QED) is 0.671. The number of carbonyl (C=O) groups is 2. The number of nitrogens with one attached hydrogen (secondary N) is 1. The molecule has 0 fully saturated rings. The van der Waals surface area contributed by atoms with Crippen LogP contribution in [0.5, 0.6) is 0 Å². The van der Waals surface area contributed by atoms with Gasteiger partial charge in [-0.1, -0.05) is 12.1 Å². The lowest BCUT2D eigenvalue weighted by atomic mass is 9.97. The van der Waals surface area contributed by atoms with E-state index >= 15 is 0 Å². The summed E-state index contributed by atoms with van der Waals surface area (Å²) < 4.78 is 4.67. The Balaban J connectivity index is 2.79. The predicted octanol–water partition coefficient (Wildman–Crippen LogP) is 0.702. The zero-order chi connectivity index (χ0) is 16.0. The van der Waals surface area contributed by atoms with E-state index in [1.165, 1.54) is 20.1 Å². The van der Waals surface area contributed by atoms with Crippen LogP contribution >= 0.6 is 0 Å². The van der Waals surface area contributed by atoms with Crippen molar-refractivity contribution in [2.45, 2.75) is 32.5 Å². The van der Waals surface area contributed by atoms with Crippen molar-refractivity contribution in [3.05, 3.63) is 34.9 Å². The standard InChI is InChI=1S/C15H21NO5/c1-9-4-5-11(8-12(9)15(20)21-3)14(19)13(18)6-7-16-10(2)17/h4-5,8,13-14,18-19H,6-7H2,1-3H3,(H,16,17). The first-order chi connectivity index (χ1) is 9.86. The van der Waals surface area contributed by atoms with Gasteiger partial charge in [0.1, 0.15) is 6.10 Å². The molecule has 6 nitrogen and oxygen atoms in total. The second kappa shape index (κ2) is 7.75. The normalized spacial score (nSPS) is 13.4. The summed E-state index contributed by atoms with van der Waals surface area (Å²) in [7, 11) is 1.28. The highest BCUT2D eigenvalue weighted by molar-refractivity contribution is 5.91. The molecule has 1 aromatic carbocycles. The minimum absolute atomic E-state index is 0.194. The maximum absolute atomic E-state index is 11.6. The summed E-state index contributed by atoms with van der Waals surface area (Å²) in [5, 5.41) is 22.6. The molecule has 0 spiro atoms. The fourth-order valence-electron chi connectivity index (χ4n) is 1.93. The Morgan fingerprint density at radius 3 is 2.57 bits per heavy atom.